The fourth-order valence-electron chi connectivity index (χ4n) is 4.48. The number of nitrogens with zero attached hydrogens (tertiary/aromatic N) is 1. The zero-order valence-electron chi connectivity index (χ0n) is 20.1. The molecule has 0 radical (unpaired) electrons. The highest BCUT2D eigenvalue weighted by atomic mass is 16.5. The van der Waals surface area contributed by atoms with E-state index in [2.05, 4.69) is 51.1 Å². The quantitative estimate of drug-likeness (QED) is 0.347. The van der Waals surface area contributed by atoms with Crippen molar-refractivity contribution in [2.75, 3.05) is 18.6 Å². The lowest BCUT2D eigenvalue weighted by molar-refractivity contribution is 0.0600. The number of carbonyl (C=O) groups excluding carboxylic acids is 1. The van der Waals surface area contributed by atoms with Gasteiger partial charge in [-0.3, -0.25) is 4.90 Å². The van der Waals surface area contributed by atoms with Crippen molar-refractivity contribution in [1.29, 1.82) is 0 Å². The summed E-state index contributed by atoms with van der Waals surface area (Å²) in [5.41, 5.74) is 4.53. The van der Waals surface area contributed by atoms with E-state index in [4.69, 9.17) is 4.74 Å². The van der Waals surface area contributed by atoms with Crippen LogP contribution in [-0.2, 0) is 10.2 Å². The Hall–Kier alpha value is -3.08. The van der Waals surface area contributed by atoms with Crippen molar-refractivity contribution in [1.82, 2.24) is 0 Å². The Morgan fingerprint density at radius 3 is 2.52 bits per heavy atom. The lowest BCUT2D eigenvalue weighted by Crippen LogP contribution is -2.40. The number of rotatable bonds is 8. The standard InChI is InChI=1S/C28H35NO4/c1-5-6-7-8-21(12-9-20-10-13-22(14-11-20)26(30)33-4)23-15-16-24-25(19-23)29(27(31)32)18-17-28(24,2)3/h9-16,19,21H,5-8,17-18H2,1-4H3,(H,31,32)/b12-9+. The number of anilines is 1. The van der Waals surface area contributed by atoms with Gasteiger partial charge >= 0.3 is 12.1 Å². The monoisotopic (exact) mass is 449 g/mol. The second-order valence-electron chi connectivity index (χ2n) is 9.42. The highest BCUT2D eigenvalue weighted by Crippen LogP contribution is 2.41. The summed E-state index contributed by atoms with van der Waals surface area (Å²) in [6.07, 6.45) is 8.62. The summed E-state index contributed by atoms with van der Waals surface area (Å²) < 4.78 is 4.77. The van der Waals surface area contributed by atoms with E-state index in [0.717, 1.165) is 54.5 Å². The van der Waals surface area contributed by atoms with E-state index in [1.54, 1.807) is 12.1 Å². The number of hydrogen-bond acceptors (Lipinski definition) is 3. The lowest BCUT2D eigenvalue weighted by atomic mass is 9.76. The van der Waals surface area contributed by atoms with Crippen LogP contribution in [0.1, 0.15) is 85.8 Å². The van der Waals surface area contributed by atoms with E-state index < -0.39 is 6.09 Å². The van der Waals surface area contributed by atoms with Gasteiger partial charge < -0.3 is 9.84 Å². The van der Waals surface area contributed by atoms with E-state index >= 15 is 0 Å². The predicted molar refractivity (Wildman–Crippen MR) is 133 cm³/mol. The third-order valence-corrected chi connectivity index (χ3v) is 6.63. The summed E-state index contributed by atoms with van der Waals surface area (Å²) >= 11 is 0. The molecule has 2 aromatic rings. The van der Waals surface area contributed by atoms with Crippen LogP contribution in [0.3, 0.4) is 0 Å². The molecule has 1 amide bonds. The number of fused-ring (bicyclic) bond motifs is 1. The molecule has 0 aliphatic carbocycles. The molecule has 1 atom stereocenters. The van der Waals surface area contributed by atoms with Crippen molar-refractivity contribution in [2.45, 2.75) is 64.2 Å². The first-order chi connectivity index (χ1) is 15.8. The zero-order valence-corrected chi connectivity index (χ0v) is 20.1. The molecule has 2 aromatic carbocycles. The topological polar surface area (TPSA) is 66.8 Å². The summed E-state index contributed by atoms with van der Waals surface area (Å²) in [6, 6.07) is 13.7. The van der Waals surface area contributed by atoms with Crippen LogP contribution in [-0.4, -0.2) is 30.8 Å². The van der Waals surface area contributed by atoms with E-state index in [9.17, 15) is 14.7 Å². The number of unbranched alkanes of at least 4 members (excludes halogenated alkanes) is 2. The van der Waals surface area contributed by atoms with Gasteiger partial charge in [0, 0.05) is 12.5 Å². The van der Waals surface area contributed by atoms with Gasteiger partial charge in [-0.25, -0.2) is 9.59 Å². The molecule has 5 heteroatoms. The Bertz CT molecular complexity index is 1010. The van der Waals surface area contributed by atoms with Crippen molar-refractivity contribution >= 4 is 23.8 Å². The minimum absolute atomic E-state index is 0.0469. The number of carbonyl (C=O) groups is 2. The molecule has 33 heavy (non-hydrogen) atoms. The molecule has 1 unspecified atom stereocenters. The van der Waals surface area contributed by atoms with E-state index in [1.807, 2.05) is 12.1 Å². The van der Waals surface area contributed by atoms with E-state index in [0.29, 0.717) is 12.1 Å². The molecule has 0 fully saturated rings. The number of amides is 1. The average molecular weight is 450 g/mol. The van der Waals surface area contributed by atoms with E-state index in [1.165, 1.54) is 12.0 Å². The molecule has 0 bridgehead atoms. The van der Waals surface area contributed by atoms with Crippen LogP contribution in [0.5, 0.6) is 0 Å². The molecule has 0 saturated heterocycles. The molecule has 3 rings (SSSR count). The van der Waals surface area contributed by atoms with Crippen molar-refractivity contribution in [2.24, 2.45) is 0 Å². The van der Waals surface area contributed by atoms with Gasteiger partial charge in [0.25, 0.3) is 0 Å². The second-order valence-corrected chi connectivity index (χ2v) is 9.42. The van der Waals surface area contributed by atoms with Gasteiger partial charge in [-0.2, -0.15) is 0 Å². The number of hydrogen-bond donors (Lipinski definition) is 1. The molecule has 0 spiro atoms. The smallest absolute Gasteiger partial charge is 0.411 e. The minimum atomic E-state index is -0.896. The molecule has 1 heterocycles. The lowest BCUT2D eigenvalue weighted by Gasteiger charge is -2.38. The van der Waals surface area contributed by atoms with Gasteiger partial charge in [-0.15, -0.1) is 0 Å². The Balaban J connectivity index is 1.92. The summed E-state index contributed by atoms with van der Waals surface area (Å²) in [6.45, 7) is 7.07. The first-order valence-corrected chi connectivity index (χ1v) is 11.8. The molecule has 0 saturated carbocycles. The number of esters is 1. The first kappa shape index (κ1) is 24.6. The Labute approximate surface area is 197 Å². The molecule has 176 valence electrons. The fourth-order valence-corrected chi connectivity index (χ4v) is 4.48. The highest BCUT2D eigenvalue weighted by Gasteiger charge is 2.34. The van der Waals surface area contributed by atoms with Gasteiger partial charge in [0.05, 0.1) is 18.4 Å². The van der Waals surface area contributed by atoms with Crippen LogP contribution >= 0.6 is 0 Å². The number of ether oxygens (including phenoxy) is 1. The van der Waals surface area contributed by atoms with E-state index in [-0.39, 0.29) is 17.3 Å². The Kier molecular flexibility index (Phi) is 7.96. The second kappa shape index (κ2) is 10.7. The number of carboxylic acid groups (broad SMARTS) is 1. The molecule has 1 N–H and O–H groups in total. The number of methoxy groups -OCH3 is 1. The normalized spacial score (nSPS) is 15.8. The number of benzene rings is 2. The van der Waals surface area contributed by atoms with Crippen LogP contribution in [0.4, 0.5) is 10.5 Å². The molecule has 0 aromatic heterocycles. The van der Waals surface area contributed by atoms with Gasteiger partial charge in [0.1, 0.15) is 0 Å². The van der Waals surface area contributed by atoms with Crippen molar-refractivity contribution in [3.8, 4) is 0 Å². The van der Waals surface area contributed by atoms with Crippen LogP contribution < -0.4 is 4.90 Å². The highest BCUT2D eigenvalue weighted by molar-refractivity contribution is 5.89. The molecular formula is C28H35NO4. The molecule has 5 nitrogen and oxygen atoms in total. The number of allylic oxidation sites excluding steroid dienone is 1. The van der Waals surface area contributed by atoms with Crippen molar-refractivity contribution < 1.29 is 19.4 Å². The van der Waals surface area contributed by atoms with Crippen molar-refractivity contribution in [3.63, 3.8) is 0 Å². The molecular weight excluding hydrogens is 414 g/mol. The maximum Gasteiger partial charge on any atom is 0.411 e. The van der Waals surface area contributed by atoms with Crippen LogP contribution in [0.25, 0.3) is 6.08 Å². The maximum absolute atomic E-state index is 11.9. The minimum Gasteiger partial charge on any atom is -0.465 e. The van der Waals surface area contributed by atoms with Crippen LogP contribution in [0, 0.1) is 0 Å². The van der Waals surface area contributed by atoms with Gasteiger partial charge in [-0.1, -0.05) is 76.5 Å². The average Bonchev–Trinajstić information content (AvgIpc) is 2.80. The maximum atomic E-state index is 11.9. The van der Waals surface area contributed by atoms with Gasteiger partial charge in [-0.05, 0) is 53.1 Å². The summed E-state index contributed by atoms with van der Waals surface area (Å²) in [5.74, 6) is -0.161. The zero-order chi connectivity index (χ0) is 24.0. The molecule has 1 aliphatic heterocycles. The summed E-state index contributed by atoms with van der Waals surface area (Å²) in [7, 11) is 1.38. The Morgan fingerprint density at radius 2 is 1.88 bits per heavy atom. The summed E-state index contributed by atoms with van der Waals surface area (Å²) in [4.78, 5) is 25.1. The third kappa shape index (κ3) is 5.84. The fraction of sp³-hybridized carbons (Fsp3) is 0.429. The Morgan fingerprint density at radius 1 is 1.15 bits per heavy atom. The van der Waals surface area contributed by atoms with Crippen molar-refractivity contribution in [3.05, 3.63) is 70.8 Å². The SMILES string of the molecule is CCCCCC(/C=C/c1ccc(C(=O)OC)cc1)c1ccc2c(c1)N(C(=O)O)CCC2(C)C. The largest absolute Gasteiger partial charge is 0.465 e. The van der Waals surface area contributed by atoms with Gasteiger partial charge in [0.2, 0.25) is 0 Å². The summed E-state index contributed by atoms with van der Waals surface area (Å²) in [5, 5.41) is 9.77. The first-order valence-electron chi connectivity index (χ1n) is 11.8. The van der Waals surface area contributed by atoms with Crippen LogP contribution in [0.2, 0.25) is 0 Å². The third-order valence-electron chi connectivity index (χ3n) is 6.63. The molecule has 1 aliphatic rings. The van der Waals surface area contributed by atoms with Gasteiger partial charge in [0.15, 0.2) is 0 Å². The van der Waals surface area contributed by atoms with Crippen LogP contribution in [0.15, 0.2) is 48.5 Å². The predicted octanol–water partition coefficient (Wildman–Crippen LogP) is 7.02.